The lowest BCUT2D eigenvalue weighted by Crippen LogP contribution is -2.44. The Morgan fingerprint density at radius 1 is 1.30 bits per heavy atom. The van der Waals surface area contributed by atoms with Crippen LogP contribution in [0.1, 0.15) is 19.3 Å². The zero-order chi connectivity index (χ0) is 14.3. The summed E-state index contributed by atoms with van der Waals surface area (Å²) < 4.78 is 0. The number of hydrogen-bond donors (Lipinski definition) is 3. The van der Waals surface area contributed by atoms with Crippen LogP contribution in [0.3, 0.4) is 0 Å². The molecule has 2 bridgehead atoms. The summed E-state index contributed by atoms with van der Waals surface area (Å²) >= 11 is 0. The summed E-state index contributed by atoms with van der Waals surface area (Å²) in [5.41, 5.74) is 0. The molecule has 2 amide bonds. The molecule has 6 heteroatoms. The molecule has 1 aliphatic heterocycles. The number of rotatable bonds is 4. The Morgan fingerprint density at radius 3 is 2.60 bits per heavy atom. The molecule has 5 atom stereocenters. The third-order valence-corrected chi connectivity index (χ3v) is 4.65. The first kappa shape index (κ1) is 13.1. The molecule has 0 aromatic heterocycles. The standard InChI is InChI=1S/C14H18N2O4/c17-10-4-3-9(16-10)6-15-13(18)11-7-1-2-8(5-7)12(11)14(19)20/h1-2,7-9,11-12H,3-6H2,(H,15,18)(H,16,17)(H,19,20)/t7?,8?,9?,11-,12+/m0/s1. The number of aliphatic carboxylic acids is 1. The van der Waals surface area contributed by atoms with Gasteiger partial charge in [0.2, 0.25) is 11.8 Å². The molecule has 3 aliphatic rings. The van der Waals surface area contributed by atoms with Gasteiger partial charge in [-0.2, -0.15) is 0 Å². The van der Waals surface area contributed by atoms with E-state index in [9.17, 15) is 19.5 Å². The first-order chi connectivity index (χ1) is 9.56. The molecule has 3 N–H and O–H groups in total. The van der Waals surface area contributed by atoms with Crippen molar-refractivity contribution in [2.24, 2.45) is 23.7 Å². The average Bonchev–Trinajstić information content (AvgIpc) is 3.10. The van der Waals surface area contributed by atoms with Gasteiger partial charge in [0.15, 0.2) is 0 Å². The molecule has 6 nitrogen and oxygen atoms in total. The van der Waals surface area contributed by atoms with Crippen molar-refractivity contribution in [1.82, 2.24) is 10.6 Å². The van der Waals surface area contributed by atoms with Crippen LogP contribution in [-0.2, 0) is 14.4 Å². The highest BCUT2D eigenvalue weighted by molar-refractivity contribution is 5.87. The molecular formula is C14H18N2O4. The lowest BCUT2D eigenvalue weighted by Gasteiger charge is -2.24. The van der Waals surface area contributed by atoms with Crippen LogP contribution in [0.2, 0.25) is 0 Å². The minimum Gasteiger partial charge on any atom is -0.481 e. The topological polar surface area (TPSA) is 95.5 Å². The molecule has 1 saturated heterocycles. The van der Waals surface area contributed by atoms with E-state index in [1.807, 2.05) is 12.2 Å². The number of carboxylic acid groups (broad SMARTS) is 1. The molecule has 1 saturated carbocycles. The maximum absolute atomic E-state index is 12.3. The van der Waals surface area contributed by atoms with E-state index in [2.05, 4.69) is 10.6 Å². The zero-order valence-corrected chi connectivity index (χ0v) is 11.0. The van der Waals surface area contributed by atoms with Crippen molar-refractivity contribution < 1.29 is 19.5 Å². The third kappa shape index (κ3) is 2.19. The smallest absolute Gasteiger partial charge is 0.307 e. The van der Waals surface area contributed by atoms with Gasteiger partial charge in [0.05, 0.1) is 11.8 Å². The van der Waals surface area contributed by atoms with Crippen molar-refractivity contribution in [2.75, 3.05) is 6.54 Å². The molecule has 1 heterocycles. The van der Waals surface area contributed by atoms with Gasteiger partial charge in [0.1, 0.15) is 0 Å². The molecule has 0 radical (unpaired) electrons. The molecule has 108 valence electrons. The van der Waals surface area contributed by atoms with Crippen LogP contribution in [0, 0.1) is 23.7 Å². The Balaban J connectivity index is 1.60. The summed E-state index contributed by atoms with van der Waals surface area (Å²) in [5, 5.41) is 14.9. The van der Waals surface area contributed by atoms with Gasteiger partial charge in [-0.25, -0.2) is 0 Å². The first-order valence-electron chi connectivity index (χ1n) is 7.04. The van der Waals surface area contributed by atoms with Gasteiger partial charge in [-0.1, -0.05) is 12.2 Å². The second kappa shape index (κ2) is 4.92. The van der Waals surface area contributed by atoms with E-state index in [-0.39, 0.29) is 29.7 Å². The van der Waals surface area contributed by atoms with Gasteiger partial charge in [0, 0.05) is 19.0 Å². The number of amides is 2. The molecule has 0 aromatic rings. The molecular weight excluding hydrogens is 260 g/mol. The minimum atomic E-state index is -0.892. The van der Waals surface area contributed by atoms with Crippen molar-refractivity contribution in [1.29, 1.82) is 0 Å². The van der Waals surface area contributed by atoms with E-state index in [1.54, 1.807) is 0 Å². The van der Waals surface area contributed by atoms with Crippen molar-refractivity contribution in [3.8, 4) is 0 Å². The Bertz CT molecular complexity index is 488. The highest BCUT2D eigenvalue weighted by atomic mass is 16.4. The normalized spacial score (nSPS) is 38.0. The predicted molar refractivity (Wildman–Crippen MR) is 69.5 cm³/mol. The summed E-state index contributed by atoms with van der Waals surface area (Å²) in [5.74, 6) is -2.14. The Hall–Kier alpha value is -1.85. The lowest BCUT2D eigenvalue weighted by atomic mass is 9.82. The number of carbonyl (C=O) groups is 3. The summed E-state index contributed by atoms with van der Waals surface area (Å²) in [6.07, 6.45) is 5.86. The van der Waals surface area contributed by atoms with Crippen LogP contribution >= 0.6 is 0 Å². The molecule has 3 rings (SSSR count). The quantitative estimate of drug-likeness (QED) is 0.626. The second-order valence-corrected chi connectivity index (χ2v) is 5.89. The third-order valence-electron chi connectivity index (χ3n) is 4.65. The maximum Gasteiger partial charge on any atom is 0.307 e. The molecule has 20 heavy (non-hydrogen) atoms. The minimum absolute atomic E-state index is 0.00974. The fourth-order valence-corrected chi connectivity index (χ4v) is 3.69. The zero-order valence-electron chi connectivity index (χ0n) is 11.0. The van der Waals surface area contributed by atoms with E-state index in [0.717, 1.165) is 12.8 Å². The van der Waals surface area contributed by atoms with Crippen molar-refractivity contribution >= 4 is 17.8 Å². The predicted octanol–water partition coefficient (Wildman–Crippen LogP) is -0.0959. The van der Waals surface area contributed by atoms with E-state index in [1.165, 1.54) is 0 Å². The van der Waals surface area contributed by atoms with Gasteiger partial charge in [-0.05, 0) is 24.7 Å². The molecule has 0 spiro atoms. The summed E-state index contributed by atoms with van der Waals surface area (Å²) in [6, 6.07) is -0.0242. The largest absolute Gasteiger partial charge is 0.481 e. The number of hydrogen-bond acceptors (Lipinski definition) is 3. The van der Waals surface area contributed by atoms with E-state index < -0.39 is 17.8 Å². The summed E-state index contributed by atoms with van der Waals surface area (Å²) in [6.45, 7) is 0.383. The van der Waals surface area contributed by atoms with Crippen molar-refractivity contribution in [2.45, 2.75) is 25.3 Å². The van der Waals surface area contributed by atoms with Crippen LogP contribution < -0.4 is 10.6 Å². The Labute approximate surface area is 116 Å². The fraction of sp³-hybridized carbons (Fsp3) is 0.643. The van der Waals surface area contributed by atoms with Gasteiger partial charge >= 0.3 is 5.97 Å². The number of nitrogens with one attached hydrogen (secondary N) is 2. The number of allylic oxidation sites excluding steroid dienone is 2. The van der Waals surface area contributed by atoms with Crippen LogP contribution in [0.15, 0.2) is 12.2 Å². The molecule has 2 aliphatic carbocycles. The number of carboxylic acids is 1. The van der Waals surface area contributed by atoms with Crippen LogP contribution in [0.25, 0.3) is 0 Å². The lowest BCUT2D eigenvalue weighted by molar-refractivity contribution is -0.147. The van der Waals surface area contributed by atoms with Gasteiger partial charge in [0.25, 0.3) is 0 Å². The van der Waals surface area contributed by atoms with Crippen LogP contribution in [0.5, 0.6) is 0 Å². The Kier molecular flexibility index (Phi) is 3.23. The van der Waals surface area contributed by atoms with E-state index in [0.29, 0.717) is 13.0 Å². The summed E-state index contributed by atoms with van der Waals surface area (Å²) in [7, 11) is 0. The second-order valence-electron chi connectivity index (χ2n) is 5.89. The van der Waals surface area contributed by atoms with Crippen LogP contribution in [-0.4, -0.2) is 35.5 Å². The van der Waals surface area contributed by atoms with E-state index in [4.69, 9.17) is 0 Å². The van der Waals surface area contributed by atoms with Gasteiger partial charge in [-0.15, -0.1) is 0 Å². The van der Waals surface area contributed by atoms with Gasteiger partial charge in [-0.3, -0.25) is 14.4 Å². The van der Waals surface area contributed by atoms with Crippen LogP contribution in [0.4, 0.5) is 0 Å². The maximum atomic E-state index is 12.3. The SMILES string of the molecule is O=C1CCC(CNC(=O)[C@H]2C3C=CC(C3)[C@H]2C(=O)O)N1. The molecule has 0 aromatic carbocycles. The van der Waals surface area contributed by atoms with Gasteiger partial charge < -0.3 is 15.7 Å². The number of fused-ring (bicyclic) bond motifs is 2. The molecule has 3 unspecified atom stereocenters. The first-order valence-corrected chi connectivity index (χ1v) is 7.04. The fourth-order valence-electron chi connectivity index (χ4n) is 3.69. The van der Waals surface area contributed by atoms with Crippen molar-refractivity contribution in [3.63, 3.8) is 0 Å². The van der Waals surface area contributed by atoms with Crippen molar-refractivity contribution in [3.05, 3.63) is 12.2 Å². The molecule has 2 fully saturated rings. The average molecular weight is 278 g/mol. The number of carbonyl (C=O) groups excluding carboxylic acids is 2. The highest BCUT2D eigenvalue weighted by Gasteiger charge is 2.51. The van der Waals surface area contributed by atoms with E-state index >= 15 is 0 Å². The summed E-state index contributed by atoms with van der Waals surface area (Å²) in [4.78, 5) is 34.7. The monoisotopic (exact) mass is 278 g/mol. The highest BCUT2D eigenvalue weighted by Crippen LogP contribution is 2.48. The Morgan fingerprint density at radius 2 is 2.00 bits per heavy atom.